The molecule has 2 aliphatic rings. The third-order valence-electron chi connectivity index (χ3n) is 4.14. The van der Waals surface area contributed by atoms with Gasteiger partial charge in [-0.1, -0.05) is 0 Å². The quantitative estimate of drug-likeness (QED) is 0.846. The molecule has 1 N–H and O–H groups in total. The van der Waals surface area contributed by atoms with Crippen molar-refractivity contribution in [1.29, 1.82) is 0 Å². The summed E-state index contributed by atoms with van der Waals surface area (Å²) in [6.07, 6.45) is 3.45. The molecule has 1 saturated heterocycles. The maximum Gasteiger partial charge on any atom is 0.304 e. The van der Waals surface area contributed by atoms with E-state index in [1.54, 1.807) is 0 Å². The van der Waals surface area contributed by atoms with Gasteiger partial charge in [-0.3, -0.25) is 9.69 Å². The fourth-order valence-corrected chi connectivity index (χ4v) is 3.33. The number of nitrogens with zero attached hydrogens (tertiary/aromatic N) is 1. The van der Waals surface area contributed by atoms with Crippen LogP contribution in [-0.4, -0.2) is 41.0 Å². The monoisotopic (exact) mass is 261 g/mol. The molecule has 18 heavy (non-hydrogen) atoms. The number of carbonyl (C=O) groups is 1. The zero-order valence-corrected chi connectivity index (χ0v) is 10.6. The molecule has 3 nitrogen and oxygen atoms in total. The molecule has 0 aromatic carbocycles. The van der Waals surface area contributed by atoms with Crippen LogP contribution in [0.5, 0.6) is 0 Å². The van der Waals surface area contributed by atoms with Crippen molar-refractivity contribution < 1.29 is 18.7 Å². The second-order valence-electron chi connectivity index (χ2n) is 5.71. The van der Waals surface area contributed by atoms with Crippen molar-refractivity contribution in [3.05, 3.63) is 0 Å². The summed E-state index contributed by atoms with van der Waals surface area (Å²) >= 11 is 0. The number of likely N-dealkylation sites (tertiary alicyclic amines) is 1. The number of alkyl halides is 2. The number of rotatable bonds is 4. The molecule has 0 aromatic heterocycles. The van der Waals surface area contributed by atoms with Gasteiger partial charge in [0.2, 0.25) is 5.92 Å². The Morgan fingerprint density at radius 2 is 2.11 bits per heavy atom. The van der Waals surface area contributed by atoms with E-state index in [-0.39, 0.29) is 31.2 Å². The molecule has 2 fully saturated rings. The Morgan fingerprint density at radius 1 is 1.33 bits per heavy atom. The Morgan fingerprint density at radius 3 is 2.78 bits per heavy atom. The molecule has 1 aliphatic heterocycles. The lowest BCUT2D eigenvalue weighted by Crippen LogP contribution is -2.38. The first-order chi connectivity index (χ1) is 8.46. The van der Waals surface area contributed by atoms with Crippen molar-refractivity contribution in [2.45, 2.75) is 56.9 Å². The lowest BCUT2D eigenvalue weighted by Gasteiger charge is -2.33. The van der Waals surface area contributed by atoms with E-state index in [4.69, 9.17) is 5.11 Å². The molecular weight excluding hydrogens is 240 g/mol. The normalized spacial score (nSPS) is 32.6. The van der Waals surface area contributed by atoms with Crippen LogP contribution in [-0.2, 0) is 4.79 Å². The highest BCUT2D eigenvalue weighted by atomic mass is 19.3. The first-order valence-corrected chi connectivity index (χ1v) is 6.80. The maximum atomic E-state index is 13.3. The summed E-state index contributed by atoms with van der Waals surface area (Å²) < 4.78 is 26.6. The van der Waals surface area contributed by atoms with Gasteiger partial charge in [0.05, 0.1) is 6.42 Å². The van der Waals surface area contributed by atoms with E-state index in [0.29, 0.717) is 13.0 Å². The van der Waals surface area contributed by atoms with Gasteiger partial charge in [0.15, 0.2) is 0 Å². The highest BCUT2D eigenvalue weighted by molar-refractivity contribution is 5.67. The summed E-state index contributed by atoms with van der Waals surface area (Å²) in [5.74, 6) is -3.27. The Hall–Kier alpha value is -0.710. The first-order valence-electron chi connectivity index (χ1n) is 6.80. The zero-order valence-electron chi connectivity index (χ0n) is 10.6. The van der Waals surface area contributed by atoms with Gasteiger partial charge in [0, 0.05) is 25.4 Å². The van der Waals surface area contributed by atoms with Crippen molar-refractivity contribution in [1.82, 2.24) is 4.90 Å². The van der Waals surface area contributed by atoms with Crippen molar-refractivity contribution in [3.8, 4) is 0 Å². The van der Waals surface area contributed by atoms with Gasteiger partial charge in [-0.05, 0) is 38.1 Å². The summed E-state index contributed by atoms with van der Waals surface area (Å²) in [4.78, 5) is 12.9. The Bertz CT molecular complexity index is 309. The van der Waals surface area contributed by atoms with E-state index in [2.05, 4.69) is 4.90 Å². The second kappa shape index (κ2) is 5.51. The minimum Gasteiger partial charge on any atom is -0.481 e. The third-order valence-corrected chi connectivity index (χ3v) is 4.14. The van der Waals surface area contributed by atoms with Gasteiger partial charge in [-0.15, -0.1) is 0 Å². The van der Waals surface area contributed by atoms with Crippen molar-refractivity contribution >= 4 is 5.97 Å². The van der Waals surface area contributed by atoms with Crippen LogP contribution >= 0.6 is 0 Å². The molecule has 2 rings (SSSR count). The van der Waals surface area contributed by atoms with E-state index in [0.717, 1.165) is 25.8 Å². The first kappa shape index (κ1) is 13.7. The number of hydrogen-bond acceptors (Lipinski definition) is 2. The molecule has 0 aromatic rings. The van der Waals surface area contributed by atoms with Crippen LogP contribution in [0.4, 0.5) is 8.78 Å². The van der Waals surface area contributed by atoms with Crippen LogP contribution in [0.3, 0.4) is 0 Å². The summed E-state index contributed by atoms with van der Waals surface area (Å²) in [5.41, 5.74) is 0. The van der Waals surface area contributed by atoms with Gasteiger partial charge < -0.3 is 5.11 Å². The molecule has 0 radical (unpaired) electrons. The fourth-order valence-electron chi connectivity index (χ4n) is 3.33. The van der Waals surface area contributed by atoms with E-state index in [1.807, 2.05) is 0 Å². The van der Waals surface area contributed by atoms with Crippen LogP contribution < -0.4 is 0 Å². The number of carboxylic acid groups (broad SMARTS) is 1. The highest BCUT2D eigenvalue weighted by Crippen LogP contribution is 2.37. The van der Waals surface area contributed by atoms with Crippen LogP contribution in [0.25, 0.3) is 0 Å². The summed E-state index contributed by atoms with van der Waals surface area (Å²) in [5, 5.41) is 8.83. The molecule has 0 bridgehead atoms. The Kier molecular flexibility index (Phi) is 4.20. The van der Waals surface area contributed by atoms with Gasteiger partial charge in [-0.25, -0.2) is 8.78 Å². The number of aliphatic carboxylic acids is 1. The predicted molar refractivity (Wildman–Crippen MR) is 63.8 cm³/mol. The molecule has 1 heterocycles. The SMILES string of the molecule is O=C(O)CC1CCCN1CC1CCCC(F)(F)C1. The van der Waals surface area contributed by atoms with Gasteiger partial charge in [0.25, 0.3) is 0 Å². The van der Waals surface area contributed by atoms with Gasteiger partial charge in [0.1, 0.15) is 0 Å². The Labute approximate surface area is 106 Å². The smallest absolute Gasteiger partial charge is 0.304 e. The van der Waals surface area contributed by atoms with E-state index < -0.39 is 11.9 Å². The van der Waals surface area contributed by atoms with Gasteiger partial charge in [-0.2, -0.15) is 0 Å². The van der Waals surface area contributed by atoms with Crippen molar-refractivity contribution in [2.24, 2.45) is 5.92 Å². The van der Waals surface area contributed by atoms with Crippen LogP contribution in [0.2, 0.25) is 0 Å². The average molecular weight is 261 g/mol. The number of carboxylic acids is 1. The molecule has 104 valence electrons. The summed E-state index contributed by atoms with van der Waals surface area (Å²) in [6, 6.07) is 0.0537. The lowest BCUT2D eigenvalue weighted by atomic mass is 9.86. The van der Waals surface area contributed by atoms with Crippen molar-refractivity contribution in [2.75, 3.05) is 13.1 Å². The van der Waals surface area contributed by atoms with E-state index >= 15 is 0 Å². The van der Waals surface area contributed by atoms with Crippen LogP contribution in [0, 0.1) is 5.92 Å². The average Bonchev–Trinajstić information content (AvgIpc) is 2.63. The molecule has 2 atom stereocenters. The molecule has 0 spiro atoms. The highest BCUT2D eigenvalue weighted by Gasteiger charge is 2.38. The molecule has 2 unspecified atom stereocenters. The van der Waals surface area contributed by atoms with Gasteiger partial charge >= 0.3 is 5.97 Å². The molecule has 5 heteroatoms. The van der Waals surface area contributed by atoms with E-state index in [1.165, 1.54) is 0 Å². The third kappa shape index (κ3) is 3.64. The van der Waals surface area contributed by atoms with Crippen LogP contribution in [0.1, 0.15) is 44.9 Å². The second-order valence-corrected chi connectivity index (χ2v) is 5.71. The molecular formula is C13H21F2NO2. The standard InChI is InChI=1S/C13H21F2NO2/c14-13(15)5-1-3-10(8-13)9-16-6-2-4-11(16)7-12(17)18/h10-11H,1-9H2,(H,17,18). The predicted octanol–water partition coefficient (Wildman–Crippen LogP) is 2.75. The number of hydrogen-bond donors (Lipinski definition) is 1. The summed E-state index contributed by atoms with van der Waals surface area (Å²) in [7, 11) is 0. The molecule has 1 aliphatic carbocycles. The summed E-state index contributed by atoms with van der Waals surface area (Å²) in [6.45, 7) is 1.51. The van der Waals surface area contributed by atoms with E-state index in [9.17, 15) is 13.6 Å². The molecule has 0 amide bonds. The lowest BCUT2D eigenvalue weighted by molar-refractivity contribution is -0.138. The number of halogens is 2. The van der Waals surface area contributed by atoms with Crippen LogP contribution in [0.15, 0.2) is 0 Å². The fraction of sp³-hybridized carbons (Fsp3) is 0.923. The Balaban J connectivity index is 1.86. The van der Waals surface area contributed by atoms with Crippen molar-refractivity contribution in [3.63, 3.8) is 0 Å². The molecule has 1 saturated carbocycles. The zero-order chi connectivity index (χ0) is 13.2. The minimum atomic E-state index is -2.51. The minimum absolute atomic E-state index is 0.0159. The largest absolute Gasteiger partial charge is 0.481 e. The topological polar surface area (TPSA) is 40.5 Å². The maximum absolute atomic E-state index is 13.3.